The molecule has 100 valence electrons. The third-order valence-electron chi connectivity index (χ3n) is 3.12. The molecule has 0 unspecified atom stereocenters. The lowest BCUT2D eigenvalue weighted by Gasteiger charge is -1.98. The van der Waals surface area contributed by atoms with E-state index < -0.39 is 0 Å². The summed E-state index contributed by atoms with van der Waals surface area (Å²) in [6.07, 6.45) is 3.89. The minimum absolute atomic E-state index is 0.255. The molecule has 3 rings (SSSR count). The number of benzene rings is 1. The highest BCUT2D eigenvalue weighted by Gasteiger charge is 2.20. The van der Waals surface area contributed by atoms with Crippen molar-refractivity contribution in [1.82, 2.24) is 15.5 Å². The average Bonchev–Trinajstić information content (AvgIpc) is 3.10. The van der Waals surface area contributed by atoms with Gasteiger partial charge in [-0.05, 0) is 30.5 Å². The number of rotatable bonds is 6. The van der Waals surface area contributed by atoms with Gasteiger partial charge < -0.3 is 14.8 Å². The number of aromatic nitrogens is 2. The summed E-state index contributed by atoms with van der Waals surface area (Å²) in [7, 11) is 0. The van der Waals surface area contributed by atoms with E-state index in [0.717, 1.165) is 18.5 Å². The summed E-state index contributed by atoms with van der Waals surface area (Å²) in [6.45, 7) is 0.887. The molecule has 1 aromatic heterocycles. The van der Waals surface area contributed by atoms with Crippen LogP contribution in [0.25, 0.3) is 0 Å². The number of hydrogen-bond acceptors (Lipinski definition) is 5. The van der Waals surface area contributed by atoms with Crippen LogP contribution in [0.2, 0.25) is 0 Å². The summed E-state index contributed by atoms with van der Waals surface area (Å²) < 4.78 is 5.59. The molecule has 1 aliphatic rings. The van der Waals surface area contributed by atoms with Gasteiger partial charge in [-0.15, -0.1) is 10.2 Å². The Hall–Kier alpha value is -1.88. The van der Waals surface area contributed by atoms with Gasteiger partial charge >= 0.3 is 0 Å². The summed E-state index contributed by atoms with van der Waals surface area (Å²) in [5.74, 6) is 1.51. The molecular formula is C14H17N3O2. The number of nitrogens with zero attached hydrogens (tertiary/aromatic N) is 2. The third-order valence-corrected chi connectivity index (χ3v) is 3.12. The molecule has 19 heavy (non-hydrogen) atoms. The monoisotopic (exact) mass is 259 g/mol. The molecule has 1 aromatic carbocycles. The van der Waals surface area contributed by atoms with Crippen LogP contribution in [0.3, 0.4) is 0 Å². The normalized spacial score (nSPS) is 14.7. The largest absolute Gasteiger partial charge is 0.508 e. The van der Waals surface area contributed by atoms with Crippen LogP contribution in [0, 0.1) is 0 Å². The lowest BCUT2D eigenvalue weighted by atomic mass is 10.1. The van der Waals surface area contributed by atoms with Crippen LogP contribution in [0.15, 0.2) is 28.7 Å². The Morgan fingerprint density at radius 2 is 2.11 bits per heavy atom. The van der Waals surface area contributed by atoms with Gasteiger partial charge in [-0.3, -0.25) is 0 Å². The van der Waals surface area contributed by atoms with E-state index in [2.05, 4.69) is 15.5 Å². The predicted molar refractivity (Wildman–Crippen MR) is 69.9 cm³/mol. The summed E-state index contributed by atoms with van der Waals surface area (Å²) in [4.78, 5) is 0. The minimum Gasteiger partial charge on any atom is -0.508 e. The number of nitrogens with one attached hydrogen (secondary N) is 1. The zero-order valence-corrected chi connectivity index (χ0v) is 10.7. The molecule has 5 nitrogen and oxygen atoms in total. The second-order valence-corrected chi connectivity index (χ2v) is 4.91. The molecule has 1 heterocycles. The van der Waals surface area contributed by atoms with E-state index in [0.29, 0.717) is 24.2 Å². The van der Waals surface area contributed by atoms with Crippen molar-refractivity contribution in [2.24, 2.45) is 0 Å². The second-order valence-electron chi connectivity index (χ2n) is 4.91. The smallest absolute Gasteiger partial charge is 0.220 e. The number of aromatic hydroxyl groups is 1. The van der Waals surface area contributed by atoms with Crippen LogP contribution in [0.1, 0.15) is 30.2 Å². The molecule has 1 fully saturated rings. The maximum absolute atomic E-state index is 9.40. The van der Waals surface area contributed by atoms with Crippen LogP contribution in [0.4, 0.5) is 0 Å². The first-order valence-corrected chi connectivity index (χ1v) is 6.62. The molecule has 2 N–H and O–H groups in total. The van der Waals surface area contributed by atoms with Crippen LogP contribution in [0.5, 0.6) is 5.75 Å². The Balaban J connectivity index is 1.54. The maximum atomic E-state index is 9.40. The van der Waals surface area contributed by atoms with Crippen molar-refractivity contribution >= 4 is 0 Å². The fourth-order valence-corrected chi connectivity index (χ4v) is 1.97. The van der Waals surface area contributed by atoms with E-state index in [1.54, 1.807) is 12.1 Å². The quantitative estimate of drug-likeness (QED) is 0.825. The van der Waals surface area contributed by atoms with Crippen molar-refractivity contribution in [2.45, 2.75) is 31.7 Å². The van der Waals surface area contributed by atoms with Crippen molar-refractivity contribution in [2.75, 3.05) is 6.54 Å². The molecule has 1 aliphatic carbocycles. The zero-order valence-electron chi connectivity index (χ0n) is 10.7. The van der Waals surface area contributed by atoms with Gasteiger partial charge in [0, 0.05) is 19.0 Å². The number of phenolic OH excluding ortho intramolecular Hbond substituents is 1. The molecule has 0 radical (unpaired) electrons. The number of hydrogen-bond donors (Lipinski definition) is 2. The average molecular weight is 259 g/mol. The van der Waals surface area contributed by atoms with Crippen LogP contribution < -0.4 is 5.32 Å². The Bertz CT molecular complexity index is 549. The molecule has 0 amide bonds. The number of phenols is 1. The van der Waals surface area contributed by atoms with E-state index in [-0.39, 0.29) is 5.75 Å². The van der Waals surface area contributed by atoms with E-state index in [1.165, 1.54) is 12.8 Å². The van der Waals surface area contributed by atoms with E-state index in [1.807, 2.05) is 12.1 Å². The van der Waals surface area contributed by atoms with Gasteiger partial charge in [0.1, 0.15) is 5.75 Å². The third kappa shape index (κ3) is 3.54. The SMILES string of the molecule is Oc1cccc(Cc2nnc(CCNC3CC3)o2)c1. The Morgan fingerprint density at radius 3 is 2.89 bits per heavy atom. The van der Waals surface area contributed by atoms with E-state index in [4.69, 9.17) is 4.42 Å². The molecule has 0 bridgehead atoms. The summed E-state index contributed by atoms with van der Waals surface area (Å²) in [6, 6.07) is 7.79. The predicted octanol–water partition coefficient (Wildman–Crippen LogP) is 1.66. The highest BCUT2D eigenvalue weighted by molar-refractivity contribution is 5.28. The minimum atomic E-state index is 0.255. The van der Waals surface area contributed by atoms with E-state index >= 15 is 0 Å². The van der Waals surface area contributed by atoms with Gasteiger partial charge in [0.25, 0.3) is 0 Å². The fourth-order valence-electron chi connectivity index (χ4n) is 1.97. The van der Waals surface area contributed by atoms with Gasteiger partial charge in [-0.1, -0.05) is 12.1 Å². The first-order chi connectivity index (χ1) is 9.29. The highest BCUT2D eigenvalue weighted by atomic mass is 16.4. The zero-order chi connectivity index (χ0) is 13.1. The summed E-state index contributed by atoms with van der Waals surface area (Å²) in [5.41, 5.74) is 0.964. The molecule has 0 aliphatic heterocycles. The molecule has 5 heteroatoms. The standard InChI is InChI=1S/C14H17N3O2/c18-12-3-1-2-10(8-12)9-14-17-16-13(19-14)6-7-15-11-4-5-11/h1-3,8,11,15,18H,4-7,9H2. The summed E-state index contributed by atoms with van der Waals surface area (Å²) >= 11 is 0. The lowest BCUT2D eigenvalue weighted by molar-refractivity contribution is 0.450. The van der Waals surface area contributed by atoms with Gasteiger partial charge in [0.15, 0.2) is 0 Å². The van der Waals surface area contributed by atoms with Gasteiger partial charge in [-0.2, -0.15) is 0 Å². The Kier molecular flexibility index (Phi) is 3.46. The van der Waals surface area contributed by atoms with Gasteiger partial charge in [-0.25, -0.2) is 0 Å². The van der Waals surface area contributed by atoms with Crippen molar-refractivity contribution in [3.63, 3.8) is 0 Å². The van der Waals surface area contributed by atoms with Gasteiger partial charge in [0.05, 0.1) is 6.42 Å². The highest BCUT2D eigenvalue weighted by Crippen LogP contribution is 2.18. The molecular weight excluding hydrogens is 242 g/mol. The van der Waals surface area contributed by atoms with Crippen LogP contribution in [-0.4, -0.2) is 27.9 Å². The molecule has 0 spiro atoms. The van der Waals surface area contributed by atoms with Crippen molar-refractivity contribution in [3.8, 4) is 5.75 Å². The van der Waals surface area contributed by atoms with Crippen LogP contribution in [-0.2, 0) is 12.8 Å². The first-order valence-electron chi connectivity index (χ1n) is 6.62. The molecule has 1 saturated carbocycles. The first kappa shape index (κ1) is 12.2. The molecule has 2 aromatic rings. The topological polar surface area (TPSA) is 71.2 Å². The van der Waals surface area contributed by atoms with Crippen LogP contribution >= 0.6 is 0 Å². The second kappa shape index (κ2) is 5.40. The maximum Gasteiger partial charge on any atom is 0.220 e. The molecule has 0 atom stereocenters. The lowest BCUT2D eigenvalue weighted by Crippen LogP contribution is -2.19. The van der Waals surface area contributed by atoms with Gasteiger partial charge in [0.2, 0.25) is 11.8 Å². The Morgan fingerprint density at radius 1 is 1.26 bits per heavy atom. The fraction of sp³-hybridized carbons (Fsp3) is 0.429. The molecule has 0 saturated heterocycles. The summed E-state index contributed by atoms with van der Waals surface area (Å²) in [5, 5.41) is 20.9. The van der Waals surface area contributed by atoms with Crippen molar-refractivity contribution in [3.05, 3.63) is 41.6 Å². The van der Waals surface area contributed by atoms with E-state index in [9.17, 15) is 5.11 Å². The Labute approximate surface area is 111 Å². The van der Waals surface area contributed by atoms with Crippen molar-refractivity contribution < 1.29 is 9.52 Å². The van der Waals surface area contributed by atoms with Crippen molar-refractivity contribution in [1.29, 1.82) is 0 Å².